The van der Waals surface area contributed by atoms with Crippen LogP contribution in [0.4, 0.5) is 15.8 Å². The van der Waals surface area contributed by atoms with Crippen molar-refractivity contribution in [1.29, 1.82) is 0 Å². The Morgan fingerprint density at radius 3 is 2.55 bits per heavy atom. The third-order valence-corrected chi connectivity index (χ3v) is 2.62. The van der Waals surface area contributed by atoms with Crippen LogP contribution in [0.5, 0.6) is 0 Å². The minimum Gasteiger partial charge on any atom is -0.326 e. The molecule has 0 heterocycles. The zero-order valence-electron chi connectivity index (χ0n) is 10.4. The average molecular weight is 274 g/mol. The molecule has 0 unspecified atom stereocenters. The van der Waals surface area contributed by atoms with Crippen LogP contribution in [0.25, 0.3) is 0 Å². The Labute approximate surface area is 114 Å². The molecule has 2 aromatic carbocycles. The van der Waals surface area contributed by atoms with E-state index < -0.39 is 4.92 Å². The number of rotatable bonds is 4. The molecule has 0 aromatic heterocycles. The molecule has 0 aliphatic rings. The Hall–Kier alpha value is -2.76. The minimum absolute atomic E-state index is 0.0724. The second kappa shape index (κ2) is 5.92. The van der Waals surface area contributed by atoms with E-state index in [1.165, 1.54) is 42.5 Å². The molecule has 0 atom stereocenters. The summed E-state index contributed by atoms with van der Waals surface area (Å²) in [4.78, 5) is 21.9. The van der Waals surface area contributed by atoms with Crippen molar-refractivity contribution < 1.29 is 14.1 Å². The van der Waals surface area contributed by atoms with E-state index in [9.17, 15) is 19.3 Å². The number of hydrogen-bond acceptors (Lipinski definition) is 3. The van der Waals surface area contributed by atoms with Gasteiger partial charge in [0.05, 0.1) is 11.3 Å². The van der Waals surface area contributed by atoms with Crippen LogP contribution >= 0.6 is 0 Å². The van der Waals surface area contributed by atoms with E-state index in [-0.39, 0.29) is 23.8 Å². The number of carbonyl (C=O) groups is 1. The number of nitrogens with one attached hydrogen (secondary N) is 1. The monoisotopic (exact) mass is 274 g/mol. The van der Waals surface area contributed by atoms with Crippen molar-refractivity contribution in [1.82, 2.24) is 0 Å². The van der Waals surface area contributed by atoms with Gasteiger partial charge in [-0.15, -0.1) is 0 Å². The molecular formula is C14H11FN2O3. The van der Waals surface area contributed by atoms with Crippen molar-refractivity contribution in [2.75, 3.05) is 5.32 Å². The molecule has 0 fully saturated rings. The summed E-state index contributed by atoms with van der Waals surface area (Å²) >= 11 is 0. The molecule has 102 valence electrons. The van der Waals surface area contributed by atoms with Crippen LogP contribution < -0.4 is 5.32 Å². The summed E-state index contributed by atoms with van der Waals surface area (Å²) in [6, 6.07) is 11.3. The number of nitro groups is 1. The predicted octanol–water partition coefficient (Wildman–Crippen LogP) is 2.92. The standard InChI is InChI=1S/C14H11FN2O3/c15-11-6-4-10(5-7-11)8-14(18)16-12-2-1-3-13(9-12)17(19)20/h1-7,9H,8H2,(H,16,18). The summed E-state index contributed by atoms with van der Waals surface area (Å²) < 4.78 is 12.7. The first-order chi connectivity index (χ1) is 9.54. The van der Waals surface area contributed by atoms with E-state index >= 15 is 0 Å². The molecule has 0 bridgehead atoms. The molecule has 6 heteroatoms. The second-order valence-electron chi connectivity index (χ2n) is 4.16. The number of amides is 1. The van der Waals surface area contributed by atoms with E-state index in [2.05, 4.69) is 5.32 Å². The number of anilines is 1. The Bertz CT molecular complexity index is 641. The maximum absolute atomic E-state index is 12.7. The summed E-state index contributed by atoms with van der Waals surface area (Å²) in [5, 5.41) is 13.2. The SMILES string of the molecule is O=C(Cc1ccc(F)cc1)Nc1cccc([N+](=O)[O-])c1. The van der Waals surface area contributed by atoms with E-state index in [0.717, 1.165) is 0 Å². The lowest BCUT2D eigenvalue weighted by Crippen LogP contribution is -2.14. The maximum Gasteiger partial charge on any atom is 0.271 e. The van der Waals surface area contributed by atoms with Gasteiger partial charge in [0.25, 0.3) is 5.69 Å². The number of hydrogen-bond donors (Lipinski definition) is 1. The van der Waals surface area contributed by atoms with Gasteiger partial charge in [0.2, 0.25) is 5.91 Å². The lowest BCUT2D eigenvalue weighted by Gasteiger charge is -2.05. The summed E-state index contributed by atoms with van der Waals surface area (Å²) in [6.45, 7) is 0. The van der Waals surface area contributed by atoms with Crippen molar-refractivity contribution in [3.8, 4) is 0 Å². The Balaban J connectivity index is 2.02. The Morgan fingerprint density at radius 2 is 1.90 bits per heavy atom. The molecule has 2 aromatic rings. The molecule has 0 radical (unpaired) electrons. The molecule has 1 N–H and O–H groups in total. The number of nitro benzene ring substituents is 1. The predicted molar refractivity (Wildman–Crippen MR) is 71.8 cm³/mol. The third kappa shape index (κ3) is 3.61. The highest BCUT2D eigenvalue weighted by atomic mass is 19.1. The van der Waals surface area contributed by atoms with Gasteiger partial charge in [-0.2, -0.15) is 0 Å². The number of carbonyl (C=O) groups excluding carboxylic acids is 1. The van der Waals surface area contributed by atoms with Crippen molar-refractivity contribution in [3.05, 3.63) is 70.0 Å². The largest absolute Gasteiger partial charge is 0.326 e. The average Bonchev–Trinajstić information content (AvgIpc) is 2.41. The molecule has 0 saturated heterocycles. The van der Waals surface area contributed by atoms with Gasteiger partial charge in [0, 0.05) is 17.8 Å². The molecule has 20 heavy (non-hydrogen) atoms. The Morgan fingerprint density at radius 1 is 1.20 bits per heavy atom. The fourth-order valence-electron chi connectivity index (χ4n) is 1.69. The van der Waals surface area contributed by atoms with Crippen LogP contribution in [0.1, 0.15) is 5.56 Å². The first kappa shape index (κ1) is 13.7. The molecule has 0 aliphatic carbocycles. The van der Waals surface area contributed by atoms with Gasteiger partial charge in [-0.25, -0.2) is 4.39 Å². The zero-order chi connectivity index (χ0) is 14.5. The number of nitrogens with zero attached hydrogens (tertiary/aromatic N) is 1. The summed E-state index contributed by atoms with van der Waals surface area (Å²) in [6.07, 6.45) is 0.0724. The molecule has 1 amide bonds. The summed E-state index contributed by atoms with van der Waals surface area (Å²) in [5.41, 5.74) is 0.922. The zero-order valence-corrected chi connectivity index (χ0v) is 10.4. The van der Waals surface area contributed by atoms with Gasteiger partial charge in [0.15, 0.2) is 0 Å². The lowest BCUT2D eigenvalue weighted by atomic mass is 10.1. The van der Waals surface area contributed by atoms with Crippen LogP contribution in [0.2, 0.25) is 0 Å². The number of benzene rings is 2. The van der Waals surface area contributed by atoms with Gasteiger partial charge in [-0.1, -0.05) is 18.2 Å². The van der Waals surface area contributed by atoms with Gasteiger partial charge < -0.3 is 5.32 Å². The number of halogens is 1. The van der Waals surface area contributed by atoms with Crippen LogP contribution in [0.15, 0.2) is 48.5 Å². The molecule has 0 aliphatic heterocycles. The van der Waals surface area contributed by atoms with Crippen LogP contribution in [0.3, 0.4) is 0 Å². The maximum atomic E-state index is 12.7. The van der Waals surface area contributed by atoms with Crippen molar-refractivity contribution in [2.45, 2.75) is 6.42 Å². The molecule has 0 saturated carbocycles. The highest BCUT2D eigenvalue weighted by molar-refractivity contribution is 5.92. The number of non-ortho nitro benzene ring substituents is 1. The van der Waals surface area contributed by atoms with Gasteiger partial charge in [-0.05, 0) is 23.8 Å². The Kier molecular flexibility index (Phi) is 4.05. The first-order valence-corrected chi connectivity index (χ1v) is 5.83. The van der Waals surface area contributed by atoms with Gasteiger partial charge in [-0.3, -0.25) is 14.9 Å². The highest BCUT2D eigenvalue weighted by Crippen LogP contribution is 2.17. The molecule has 2 rings (SSSR count). The van der Waals surface area contributed by atoms with E-state index in [4.69, 9.17) is 0 Å². The quantitative estimate of drug-likeness (QED) is 0.688. The first-order valence-electron chi connectivity index (χ1n) is 5.83. The van der Waals surface area contributed by atoms with Crippen molar-refractivity contribution >= 4 is 17.3 Å². The van der Waals surface area contributed by atoms with Crippen molar-refractivity contribution in [2.24, 2.45) is 0 Å². The van der Waals surface area contributed by atoms with Crippen LogP contribution in [-0.4, -0.2) is 10.8 Å². The van der Waals surface area contributed by atoms with E-state index in [1.54, 1.807) is 6.07 Å². The molecule has 0 spiro atoms. The fraction of sp³-hybridized carbons (Fsp3) is 0.0714. The fourth-order valence-corrected chi connectivity index (χ4v) is 1.69. The summed E-state index contributed by atoms with van der Waals surface area (Å²) in [5.74, 6) is -0.690. The van der Waals surface area contributed by atoms with Crippen LogP contribution in [-0.2, 0) is 11.2 Å². The lowest BCUT2D eigenvalue weighted by molar-refractivity contribution is -0.384. The normalized spacial score (nSPS) is 10.1. The topological polar surface area (TPSA) is 72.2 Å². The smallest absolute Gasteiger partial charge is 0.271 e. The molecular weight excluding hydrogens is 263 g/mol. The van der Waals surface area contributed by atoms with Crippen molar-refractivity contribution in [3.63, 3.8) is 0 Å². The summed E-state index contributed by atoms with van der Waals surface area (Å²) in [7, 11) is 0. The third-order valence-electron chi connectivity index (χ3n) is 2.62. The van der Waals surface area contributed by atoms with E-state index in [1.807, 2.05) is 0 Å². The minimum atomic E-state index is -0.532. The van der Waals surface area contributed by atoms with Gasteiger partial charge in [0.1, 0.15) is 5.82 Å². The highest BCUT2D eigenvalue weighted by Gasteiger charge is 2.08. The van der Waals surface area contributed by atoms with E-state index in [0.29, 0.717) is 11.3 Å². The molecule has 5 nitrogen and oxygen atoms in total. The van der Waals surface area contributed by atoms with Crippen LogP contribution in [0, 0.1) is 15.9 Å². The second-order valence-corrected chi connectivity index (χ2v) is 4.16. The van der Waals surface area contributed by atoms with Gasteiger partial charge >= 0.3 is 0 Å².